The van der Waals surface area contributed by atoms with Crippen molar-refractivity contribution in [3.05, 3.63) is 35.4 Å². The molecule has 0 radical (unpaired) electrons. The van der Waals surface area contributed by atoms with E-state index in [0.717, 1.165) is 10.5 Å². The molecule has 1 aliphatic heterocycles. The number of likely N-dealkylation sites (tertiary alicyclic amines) is 1. The van der Waals surface area contributed by atoms with Crippen LogP contribution in [0.25, 0.3) is 0 Å². The van der Waals surface area contributed by atoms with Gasteiger partial charge in [0.25, 0.3) is 5.91 Å². The number of amides is 2. The minimum absolute atomic E-state index is 0.224. The Morgan fingerprint density at radius 2 is 1.89 bits per heavy atom. The molecule has 1 heterocycles. The third kappa shape index (κ3) is 2.65. The maximum absolute atomic E-state index is 12.3. The average molecular weight is 261 g/mol. The van der Waals surface area contributed by atoms with Crippen molar-refractivity contribution in [1.82, 2.24) is 4.90 Å². The summed E-state index contributed by atoms with van der Waals surface area (Å²) in [6.45, 7) is 1.89. The number of imide groups is 1. The Labute approximate surface area is 110 Å². The van der Waals surface area contributed by atoms with Crippen LogP contribution in [0.15, 0.2) is 24.3 Å². The Morgan fingerprint density at radius 3 is 2.47 bits per heavy atom. The lowest BCUT2D eigenvalue weighted by molar-refractivity contribution is -0.150. The summed E-state index contributed by atoms with van der Waals surface area (Å²) < 4.78 is 0. The minimum Gasteiger partial charge on any atom is -0.480 e. The maximum Gasteiger partial charge on any atom is 0.326 e. The van der Waals surface area contributed by atoms with Crippen LogP contribution >= 0.6 is 0 Å². The van der Waals surface area contributed by atoms with Gasteiger partial charge >= 0.3 is 5.97 Å². The normalized spacial score (nSPS) is 19.3. The highest BCUT2D eigenvalue weighted by molar-refractivity contribution is 6.07. The van der Waals surface area contributed by atoms with Gasteiger partial charge in [-0.3, -0.25) is 14.5 Å². The standard InChI is InChI=1S/C14H15NO4/c1-9-5-7-10(8-6-9)13(17)15-11(14(18)19)3-2-4-12(15)16/h5-8,11H,2-4H2,1H3,(H,18,19). The van der Waals surface area contributed by atoms with Crippen LogP contribution in [0, 0.1) is 6.92 Å². The van der Waals surface area contributed by atoms with Crippen molar-refractivity contribution >= 4 is 17.8 Å². The van der Waals surface area contributed by atoms with E-state index in [4.69, 9.17) is 5.11 Å². The van der Waals surface area contributed by atoms with Crippen LogP contribution in [0.3, 0.4) is 0 Å². The van der Waals surface area contributed by atoms with E-state index < -0.39 is 23.8 Å². The second-order valence-electron chi connectivity index (χ2n) is 4.68. The lowest BCUT2D eigenvalue weighted by Gasteiger charge is -2.31. The van der Waals surface area contributed by atoms with Gasteiger partial charge in [-0.05, 0) is 31.9 Å². The van der Waals surface area contributed by atoms with Crippen LogP contribution in [0.1, 0.15) is 35.2 Å². The molecule has 5 heteroatoms. The van der Waals surface area contributed by atoms with Gasteiger partial charge in [0.1, 0.15) is 6.04 Å². The van der Waals surface area contributed by atoms with E-state index in [1.165, 1.54) is 0 Å². The van der Waals surface area contributed by atoms with Crippen LogP contribution in [-0.4, -0.2) is 33.8 Å². The molecule has 5 nitrogen and oxygen atoms in total. The molecular formula is C14H15NO4. The Morgan fingerprint density at radius 1 is 1.26 bits per heavy atom. The van der Waals surface area contributed by atoms with Crippen molar-refractivity contribution in [2.45, 2.75) is 32.2 Å². The van der Waals surface area contributed by atoms with Gasteiger partial charge in [-0.2, -0.15) is 0 Å². The number of carboxylic acid groups (broad SMARTS) is 1. The zero-order valence-corrected chi connectivity index (χ0v) is 10.6. The SMILES string of the molecule is Cc1ccc(C(=O)N2C(=O)CCCC2C(=O)O)cc1. The van der Waals surface area contributed by atoms with Gasteiger partial charge in [-0.25, -0.2) is 4.79 Å². The van der Waals surface area contributed by atoms with Crippen LogP contribution in [-0.2, 0) is 9.59 Å². The fourth-order valence-corrected chi connectivity index (χ4v) is 2.19. The van der Waals surface area contributed by atoms with Gasteiger partial charge in [0.15, 0.2) is 0 Å². The molecule has 2 amide bonds. The van der Waals surface area contributed by atoms with E-state index in [-0.39, 0.29) is 6.42 Å². The van der Waals surface area contributed by atoms with Gasteiger partial charge in [0.05, 0.1) is 0 Å². The summed E-state index contributed by atoms with van der Waals surface area (Å²) in [5.74, 6) is -2.07. The van der Waals surface area contributed by atoms with E-state index >= 15 is 0 Å². The van der Waals surface area contributed by atoms with Crippen LogP contribution in [0.5, 0.6) is 0 Å². The number of nitrogens with zero attached hydrogens (tertiary/aromatic N) is 1. The van der Waals surface area contributed by atoms with E-state index in [0.29, 0.717) is 18.4 Å². The van der Waals surface area contributed by atoms with E-state index in [1.54, 1.807) is 24.3 Å². The summed E-state index contributed by atoms with van der Waals surface area (Å²) in [5, 5.41) is 9.12. The Bertz CT molecular complexity index is 521. The highest BCUT2D eigenvalue weighted by atomic mass is 16.4. The minimum atomic E-state index is -1.13. The molecule has 1 aliphatic rings. The number of hydrogen-bond acceptors (Lipinski definition) is 3. The molecule has 0 aromatic heterocycles. The average Bonchev–Trinajstić information content (AvgIpc) is 2.38. The van der Waals surface area contributed by atoms with Gasteiger partial charge in [-0.15, -0.1) is 0 Å². The fraction of sp³-hybridized carbons (Fsp3) is 0.357. The topological polar surface area (TPSA) is 74.7 Å². The second kappa shape index (κ2) is 5.22. The second-order valence-corrected chi connectivity index (χ2v) is 4.68. The van der Waals surface area contributed by atoms with Gasteiger partial charge in [-0.1, -0.05) is 17.7 Å². The molecule has 1 aromatic carbocycles. The molecule has 1 fully saturated rings. The number of hydrogen-bond donors (Lipinski definition) is 1. The molecule has 100 valence electrons. The monoisotopic (exact) mass is 261 g/mol. The van der Waals surface area contributed by atoms with Crippen molar-refractivity contribution in [1.29, 1.82) is 0 Å². The molecule has 1 atom stereocenters. The van der Waals surface area contributed by atoms with Gasteiger partial charge in [0, 0.05) is 12.0 Å². The molecule has 19 heavy (non-hydrogen) atoms. The van der Waals surface area contributed by atoms with Crippen LogP contribution in [0.2, 0.25) is 0 Å². The van der Waals surface area contributed by atoms with Crippen molar-refractivity contribution < 1.29 is 19.5 Å². The number of carbonyl (C=O) groups excluding carboxylic acids is 2. The highest BCUT2D eigenvalue weighted by Gasteiger charge is 2.37. The Kier molecular flexibility index (Phi) is 3.64. The number of rotatable bonds is 2. The predicted octanol–water partition coefficient (Wildman–Crippen LogP) is 1.60. The number of carboxylic acids is 1. The first kappa shape index (κ1) is 13.3. The number of aryl methyl sites for hydroxylation is 1. The predicted molar refractivity (Wildman–Crippen MR) is 67.6 cm³/mol. The first-order valence-electron chi connectivity index (χ1n) is 6.16. The van der Waals surface area contributed by atoms with Crippen molar-refractivity contribution in [2.24, 2.45) is 0 Å². The lowest BCUT2D eigenvalue weighted by Crippen LogP contribution is -2.51. The summed E-state index contributed by atoms with van der Waals surface area (Å²) >= 11 is 0. The molecule has 1 aromatic rings. The third-order valence-electron chi connectivity index (χ3n) is 3.25. The zero-order chi connectivity index (χ0) is 14.0. The summed E-state index contributed by atoms with van der Waals surface area (Å²) in [6, 6.07) is 5.70. The molecule has 0 spiro atoms. The first-order chi connectivity index (χ1) is 9.00. The van der Waals surface area contributed by atoms with Gasteiger partial charge < -0.3 is 5.11 Å². The smallest absolute Gasteiger partial charge is 0.326 e. The van der Waals surface area contributed by atoms with E-state index in [1.807, 2.05) is 6.92 Å². The van der Waals surface area contributed by atoms with E-state index in [9.17, 15) is 14.4 Å². The summed E-state index contributed by atoms with van der Waals surface area (Å²) in [6.07, 6.45) is 1.05. The number of benzene rings is 1. The summed E-state index contributed by atoms with van der Waals surface area (Å²) in [4.78, 5) is 36.2. The number of aliphatic carboxylic acids is 1. The number of carbonyl (C=O) groups is 3. The third-order valence-corrected chi connectivity index (χ3v) is 3.25. The molecule has 1 unspecified atom stereocenters. The molecule has 0 aliphatic carbocycles. The first-order valence-corrected chi connectivity index (χ1v) is 6.16. The summed E-state index contributed by atoms with van der Waals surface area (Å²) in [5.41, 5.74) is 1.34. The van der Waals surface area contributed by atoms with Crippen molar-refractivity contribution in [3.63, 3.8) is 0 Å². The van der Waals surface area contributed by atoms with Crippen molar-refractivity contribution in [2.75, 3.05) is 0 Å². The molecule has 0 bridgehead atoms. The highest BCUT2D eigenvalue weighted by Crippen LogP contribution is 2.21. The maximum atomic E-state index is 12.3. The number of piperidine rings is 1. The van der Waals surface area contributed by atoms with Gasteiger partial charge in [0.2, 0.25) is 5.91 Å². The quantitative estimate of drug-likeness (QED) is 0.820. The molecule has 2 rings (SSSR count). The Hall–Kier alpha value is -2.17. The van der Waals surface area contributed by atoms with Crippen molar-refractivity contribution in [3.8, 4) is 0 Å². The molecular weight excluding hydrogens is 246 g/mol. The summed E-state index contributed by atoms with van der Waals surface area (Å²) in [7, 11) is 0. The molecule has 1 N–H and O–H groups in total. The fourth-order valence-electron chi connectivity index (χ4n) is 2.19. The Balaban J connectivity index is 2.30. The zero-order valence-electron chi connectivity index (χ0n) is 10.6. The largest absolute Gasteiger partial charge is 0.480 e. The van der Waals surface area contributed by atoms with Crippen LogP contribution in [0.4, 0.5) is 0 Å². The molecule has 0 saturated carbocycles. The lowest BCUT2D eigenvalue weighted by atomic mass is 10.00. The van der Waals surface area contributed by atoms with E-state index in [2.05, 4.69) is 0 Å². The molecule has 1 saturated heterocycles. The van der Waals surface area contributed by atoms with Crippen LogP contribution < -0.4 is 0 Å².